The first kappa shape index (κ1) is 15.3. The Balaban J connectivity index is 1.51. The molecule has 3 aliphatic rings. The Morgan fingerprint density at radius 3 is 2.61 bits per heavy atom. The lowest BCUT2D eigenvalue weighted by molar-refractivity contribution is 0.171. The van der Waals surface area contributed by atoms with Crippen molar-refractivity contribution < 1.29 is 17.9 Å². The van der Waals surface area contributed by atoms with E-state index in [0.717, 1.165) is 12.3 Å². The average molecular weight is 337 g/mol. The molecule has 1 heterocycles. The van der Waals surface area contributed by atoms with E-state index in [2.05, 4.69) is 4.72 Å². The summed E-state index contributed by atoms with van der Waals surface area (Å²) in [6, 6.07) is 4.79. The molecule has 0 radical (unpaired) electrons. The third kappa shape index (κ3) is 2.83. The van der Waals surface area contributed by atoms with Gasteiger partial charge in [0.05, 0.1) is 4.90 Å². The normalized spacial score (nSPS) is 30.4. The van der Waals surface area contributed by atoms with Crippen LogP contribution in [0.25, 0.3) is 0 Å². The predicted octanol–water partition coefficient (Wildman–Crippen LogP) is 2.56. The molecule has 5 nitrogen and oxygen atoms in total. The Bertz CT molecular complexity index is 703. The van der Waals surface area contributed by atoms with Crippen LogP contribution >= 0.6 is 0 Å². The Hall–Kier alpha value is -1.27. The van der Waals surface area contributed by atoms with E-state index in [1.807, 2.05) is 6.92 Å². The van der Waals surface area contributed by atoms with Crippen LogP contribution in [0.1, 0.15) is 32.6 Å². The average Bonchev–Trinajstić information content (AvgIpc) is 3.17. The van der Waals surface area contributed by atoms with Crippen molar-refractivity contribution in [1.29, 1.82) is 0 Å². The van der Waals surface area contributed by atoms with Crippen LogP contribution in [0.2, 0.25) is 0 Å². The first-order chi connectivity index (χ1) is 11.0. The van der Waals surface area contributed by atoms with Crippen LogP contribution in [0.3, 0.4) is 0 Å². The summed E-state index contributed by atoms with van der Waals surface area (Å²) in [4.78, 5) is 0.247. The molecule has 23 heavy (non-hydrogen) atoms. The van der Waals surface area contributed by atoms with E-state index in [0.29, 0.717) is 36.5 Å². The van der Waals surface area contributed by atoms with Crippen LogP contribution in [0, 0.1) is 17.8 Å². The molecule has 1 aliphatic heterocycles. The number of nitrogens with one attached hydrogen (secondary N) is 1. The minimum Gasteiger partial charge on any atom is -0.486 e. The number of sulfonamides is 1. The zero-order chi connectivity index (χ0) is 16.0. The molecule has 0 spiro atoms. The summed E-state index contributed by atoms with van der Waals surface area (Å²) in [5, 5.41) is 0. The van der Waals surface area contributed by atoms with E-state index in [9.17, 15) is 8.42 Å². The summed E-state index contributed by atoms with van der Waals surface area (Å²) >= 11 is 0. The quantitative estimate of drug-likeness (QED) is 0.917. The van der Waals surface area contributed by atoms with Crippen molar-refractivity contribution in [2.75, 3.05) is 13.2 Å². The third-order valence-electron chi connectivity index (χ3n) is 5.60. The minimum atomic E-state index is -3.53. The van der Waals surface area contributed by atoms with Gasteiger partial charge in [-0.2, -0.15) is 0 Å². The predicted molar refractivity (Wildman–Crippen MR) is 86.2 cm³/mol. The maximum Gasteiger partial charge on any atom is 0.240 e. The van der Waals surface area contributed by atoms with Gasteiger partial charge in [0.25, 0.3) is 0 Å². The highest BCUT2D eigenvalue weighted by atomic mass is 32.2. The van der Waals surface area contributed by atoms with Gasteiger partial charge in [0.1, 0.15) is 13.2 Å². The van der Waals surface area contributed by atoms with Gasteiger partial charge >= 0.3 is 0 Å². The van der Waals surface area contributed by atoms with E-state index in [1.165, 1.54) is 19.3 Å². The summed E-state index contributed by atoms with van der Waals surface area (Å²) in [6.07, 6.45) is 5.02. The molecule has 6 heteroatoms. The van der Waals surface area contributed by atoms with E-state index >= 15 is 0 Å². The first-order valence-electron chi connectivity index (χ1n) is 8.45. The van der Waals surface area contributed by atoms with Crippen LogP contribution < -0.4 is 14.2 Å². The lowest BCUT2D eigenvalue weighted by Gasteiger charge is -2.28. The highest BCUT2D eigenvalue weighted by Gasteiger charge is 2.42. The van der Waals surface area contributed by atoms with Gasteiger partial charge in [-0.15, -0.1) is 0 Å². The van der Waals surface area contributed by atoms with Gasteiger partial charge in [0.15, 0.2) is 11.5 Å². The van der Waals surface area contributed by atoms with Crippen molar-refractivity contribution in [1.82, 2.24) is 4.72 Å². The zero-order valence-corrected chi connectivity index (χ0v) is 14.1. The minimum absolute atomic E-state index is 0.0245. The number of hydrogen-bond acceptors (Lipinski definition) is 4. The van der Waals surface area contributed by atoms with Crippen LogP contribution in [0.15, 0.2) is 23.1 Å². The van der Waals surface area contributed by atoms with Crippen LogP contribution in [0.4, 0.5) is 0 Å². The third-order valence-corrected chi connectivity index (χ3v) is 7.16. The van der Waals surface area contributed by atoms with E-state index in [-0.39, 0.29) is 10.9 Å². The first-order valence-corrected chi connectivity index (χ1v) is 9.93. The second kappa shape index (κ2) is 5.67. The largest absolute Gasteiger partial charge is 0.486 e. The fourth-order valence-corrected chi connectivity index (χ4v) is 5.81. The summed E-state index contributed by atoms with van der Waals surface area (Å²) in [7, 11) is -3.53. The Kier molecular flexibility index (Phi) is 3.76. The van der Waals surface area contributed by atoms with Gasteiger partial charge in [0.2, 0.25) is 10.0 Å². The molecule has 1 N–H and O–H groups in total. The van der Waals surface area contributed by atoms with Crippen LogP contribution in [-0.2, 0) is 10.0 Å². The monoisotopic (exact) mass is 337 g/mol. The van der Waals surface area contributed by atoms with Crippen molar-refractivity contribution >= 4 is 10.0 Å². The lowest BCUT2D eigenvalue weighted by Crippen LogP contribution is -2.40. The highest BCUT2D eigenvalue weighted by Crippen LogP contribution is 2.49. The van der Waals surface area contributed by atoms with E-state index < -0.39 is 10.0 Å². The topological polar surface area (TPSA) is 64.6 Å². The molecular weight excluding hydrogens is 314 g/mol. The second-order valence-electron chi connectivity index (χ2n) is 7.05. The van der Waals surface area contributed by atoms with Crippen LogP contribution in [0.5, 0.6) is 11.5 Å². The fourth-order valence-electron chi connectivity index (χ4n) is 4.50. The summed E-state index contributed by atoms with van der Waals surface area (Å²) in [5.74, 6) is 3.09. The molecule has 0 aromatic heterocycles. The molecule has 2 fully saturated rings. The number of fused-ring (bicyclic) bond motifs is 3. The second-order valence-corrected chi connectivity index (χ2v) is 8.77. The van der Waals surface area contributed by atoms with Crippen LogP contribution in [-0.4, -0.2) is 27.7 Å². The van der Waals surface area contributed by atoms with Crippen molar-refractivity contribution in [2.45, 2.75) is 43.5 Å². The smallest absolute Gasteiger partial charge is 0.240 e. The number of hydrogen-bond donors (Lipinski definition) is 1. The Morgan fingerprint density at radius 2 is 1.91 bits per heavy atom. The Morgan fingerprint density at radius 1 is 1.13 bits per heavy atom. The fraction of sp³-hybridized carbons (Fsp3) is 0.647. The van der Waals surface area contributed by atoms with Gasteiger partial charge in [-0.05, 0) is 56.1 Å². The van der Waals surface area contributed by atoms with Gasteiger partial charge in [-0.25, -0.2) is 13.1 Å². The maximum atomic E-state index is 12.7. The molecule has 4 rings (SSSR count). The number of ether oxygens (including phenoxy) is 2. The summed E-state index contributed by atoms with van der Waals surface area (Å²) in [5.41, 5.74) is 0. The zero-order valence-electron chi connectivity index (χ0n) is 13.3. The van der Waals surface area contributed by atoms with Gasteiger partial charge < -0.3 is 9.47 Å². The molecule has 0 amide bonds. The lowest BCUT2D eigenvalue weighted by atomic mass is 9.84. The molecule has 0 saturated heterocycles. The molecule has 1 aromatic carbocycles. The van der Waals surface area contributed by atoms with Crippen molar-refractivity contribution in [3.63, 3.8) is 0 Å². The SMILES string of the molecule is CC(NS(=O)(=O)c1ccc2c(c1)OCCO2)C1CC2CCC1C2. The number of benzene rings is 1. The van der Waals surface area contributed by atoms with Gasteiger partial charge in [-0.3, -0.25) is 0 Å². The number of rotatable bonds is 4. The molecule has 4 atom stereocenters. The van der Waals surface area contributed by atoms with Crippen molar-refractivity contribution in [2.24, 2.45) is 17.8 Å². The molecule has 1 aromatic rings. The van der Waals surface area contributed by atoms with E-state index in [4.69, 9.17) is 9.47 Å². The Labute approximate surface area is 137 Å². The van der Waals surface area contributed by atoms with Crippen molar-refractivity contribution in [3.05, 3.63) is 18.2 Å². The maximum absolute atomic E-state index is 12.7. The van der Waals surface area contributed by atoms with E-state index in [1.54, 1.807) is 18.2 Å². The molecular formula is C17H23NO4S. The summed E-state index contributed by atoms with van der Waals surface area (Å²) < 4.78 is 39.2. The van der Waals surface area contributed by atoms with Crippen molar-refractivity contribution in [3.8, 4) is 11.5 Å². The molecule has 2 bridgehead atoms. The molecule has 4 unspecified atom stereocenters. The summed E-state index contributed by atoms with van der Waals surface area (Å²) in [6.45, 7) is 2.95. The molecule has 126 valence electrons. The molecule has 2 aliphatic carbocycles. The molecule has 2 saturated carbocycles. The standard InChI is InChI=1S/C17H23NO4S/c1-11(15-9-12-2-3-13(15)8-12)18-23(19,20)14-4-5-16-17(10-14)22-7-6-21-16/h4-5,10-13,15,18H,2-3,6-9H2,1H3. The van der Waals surface area contributed by atoms with Gasteiger partial charge in [0, 0.05) is 12.1 Å². The van der Waals surface area contributed by atoms with Gasteiger partial charge in [-0.1, -0.05) is 6.42 Å². The highest BCUT2D eigenvalue weighted by molar-refractivity contribution is 7.89.